The van der Waals surface area contributed by atoms with Crippen molar-refractivity contribution >= 4 is 16.7 Å². The number of hydrogen-bond donors (Lipinski definition) is 1. The number of rotatable bonds is 7. The largest absolute Gasteiger partial charge is 0.491 e. The van der Waals surface area contributed by atoms with Crippen molar-refractivity contribution in [3.05, 3.63) is 65.2 Å². The Kier molecular flexibility index (Phi) is 5.93. The van der Waals surface area contributed by atoms with Crippen LogP contribution < -0.4 is 10.5 Å². The van der Waals surface area contributed by atoms with Crippen molar-refractivity contribution in [2.24, 2.45) is 5.73 Å². The highest BCUT2D eigenvalue weighted by atomic mass is 32.2. The van der Waals surface area contributed by atoms with Crippen molar-refractivity contribution in [1.82, 2.24) is 0 Å². The van der Waals surface area contributed by atoms with Gasteiger partial charge in [-0.25, -0.2) is 0 Å². The molecule has 2 N–H and O–H groups in total. The molecule has 2 rings (SSSR count). The number of ether oxygens (including phenoxy) is 1. The summed E-state index contributed by atoms with van der Waals surface area (Å²) < 4.78 is 18.2. The van der Waals surface area contributed by atoms with E-state index in [1.807, 2.05) is 44.2 Å². The average Bonchev–Trinajstić information content (AvgIpc) is 2.49. The summed E-state index contributed by atoms with van der Waals surface area (Å²) >= 11 is 0. The van der Waals surface area contributed by atoms with Crippen molar-refractivity contribution in [2.45, 2.75) is 31.5 Å². The quantitative estimate of drug-likeness (QED) is 0.848. The van der Waals surface area contributed by atoms with Crippen molar-refractivity contribution in [3.8, 4) is 5.75 Å². The summed E-state index contributed by atoms with van der Waals surface area (Å²) in [5.41, 5.74) is 7.46. The van der Waals surface area contributed by atoms with Gasteiger partial charge in [0.05, 0.1) is 11.9 Å². The van der Waals surface area contributed by atoms with Gasteiger partial charge in [0.25, 0.3) is 0 Å². The number of carbonyl (C=O) groups excluding carboxylic acids is 1. The molecule has 2 aromatic rings. The number of benzene rings is 2. The first-order valence-corrected chi connectivity index (χ1v) is 8.93. The maximum Gasteiger partial charge on any atom is 0.248 e. The summed E-state index contributed by atoms with van der Waals surface area (Å²) in [7, 11) is -1.10. The van der Waals surface area contributed by atoms with Crippen LogP contribution in [-0.4, -0.2) is 16.2 Å². The lowest BCUT2D eigenvalue weighted by molar-refractivity contribution is 0.1000. The molecule has 0 bridgehead atoms. The van der Waals surface area contributed by atoms with Gasteiger partial charge in [0, 0.05) is 27.7 Å². The zero-order chi connectivity index (χ0) is 16.8. The lowest BCUT2D eigenvalue weighted by atomic mass is 10.1. The molecule has 0 saturated heterocycles. The molecule has 2 aromatic carbocycles. The summed E-state index contributed by atoms with van der Waals surface area (Å²) in [5.74, 6) is 1.07. The molecule has 0 aliphatic heterocycles. The van der Waals surface area contributed by atoms with Crippen LogP contribution in [0.5, 0.6) is 5.75 Å². The Hall–Kier alpha value is -2.14. The maximum atomic E-state index is 12.4. The normalized spacial score (nSPS) is 12.1. The maximum absolute atomic E-state index is 12.4. The molecule has 0 spiro atoms. The molecule has 4 nitrogen and oxygen atoms in total. The molecule has 0 saturated carbocycles. The second kappa shape index (κ2) is 7.92. The summed E-state index contributed by atoms with van der Waals surface area (Å²) in [5, 5.41) is 0. The standard InChI is InChI=1S/C18H21NO3S/c1-13(2)22-17-9-4-3-7-16(17)12-23(21)11-14-6-5-8-15(10-14)18(19)20/h3-10,13H,11-12H2,1-2H3,(H2,19,20). The Labute approximate surface area is 139 Å². The van der Waals surface area contributed by atoms with Gasteiger partial charge in [-0.1, -0.05) is 30.3 Å². The Morgan fingerprint density at radius 1 is 1.13 bits per heavy atom. The molecule has 1 unspecified atom stereocenters. The van der Waals surface area contributed by atoms with E-state index in [1.54, 1.807) is 18.2 Å². The summed E-state index contributed by atoms with van der Waals surface area (Å²) in [6.07, 6.45) is 0.0665. The van der Waals surface area contributed by atoms with Crippen molar-refractivity contribution in [3.63, 3.8) is 0 Å². The van der Waals surface area contributed by atoms with Gasteiger partial charge in [-0.05, 0) is 37.6 Å². The van der Waals surface area contributed by atoms with Gasteiger partial charge >= 0.3 is 0 Å². The number of para-hydroxylation sites is 1. The van der Waals surface area contributed by atoms with Gasteiger partial charge < -0.3 is 10.5 Å². The van der Waals surface area contributed by atoms with Gasteiger partial charge in [0.15, 0.2) is 0 Å². The summed E-state index contributed by atoms with van der Waals surface area (Å²) in [6, 6.07) is 14.6. The first kappa shape index (κ1) is 17.2. The predicted molar refractivity (Wildman–Crippen MR) is 92.7 cm³/mol. The second-order valence-electron chi connectivity index (χ2n) is 5.57. The lowest BCUT2D eigenvalue weighted by Gasteiger charge is -2.14. The van der Waals surface area contributed by atoms with Gasteiger partial charge in [-0.2, -0.15) is 0 Å². The minimum absolute atomic E-state index is 0.0665. The number of carbonyl (C=O) groups is 1. The highest BCUT2D eigenvalue weighted by Crippen LogP contribution is 2.22. The second-order valence-corrected chi connectivity index (χ2v) is 7.02. The van der Waals surface area contributed by atoms with E-state index in [-0.39, 0.29) is 6.10 Å². The van der Waals surface area contributed by atoms with E-state index >= 15 is 0 Å². The third-order valence-corrected chi connectivity index (χ3v) is 4.48. The van der Waals surface area contributed by atoms with E-state index in [2.05, 4.69) is 0 Å². The fourth-order valence-corrected chi connectivity index (χ4v) is 3.46. The van der Waals surface area contributed by atoms with Crippen LogP contribution in [0.4, 0.5) is 0 Å². The van der Waals surface area contributed by atoms with Crippen LogP contribution in [0.15, 0.2) is 48.5 Å². The summed E-state index contributed by atoms with van der Waals surface area (Å²) in [6.45, 7) is 3.92. The van der Waals surface area contributed by atoms with Crippen LogP contribution in [0, 0.1) is 0 Å². The van der Waals surface area contributed by atoms with E-state index in [4.69, 9.17) is 10.5 Å². The van der Waals surface area contributed by atoms with Crippen LogP contribution in [0.25, 0.3) is 0 Å². The van der Waals surface area contributed by atoms with Crippen molar-refractivity contribution in [2.75, 3.05) is 0 Å². The molecule has 0 aliphatic carbocycles. The average molecular weight is 331 g/mol. The lowest BCUT2D eigenvalue weighted by Crippen LogP contribution is -2.11. The Morgan fingerprint density at radius 3 is 2.57 bits per heavy atom. The van der Waals surface area contributed by atoms with E-state index in [1.165, 1.54) is 0 Å². The van der Waals surface area contributed by atoms with Gasteiger partial charge in [-0.15, -0.1) is 0 Å². The highest BCUT2D eigenvalue weighted by molar-refractivity contribution is 7.83. The molecule has 122 valence electrons. The molecule has 0 radical (unpaired) electrons. The molecule has 5 heteroatoms. The molecule has 1 atom stereocenters. The zero-order valence-electron chi connectivity index (χ0n) is 13.3. The minimum Gasteiger partial charge on any atom is -0.491 e. The Balaban J connectivity index is 2.08. The molecule has 0 aromatic heterocycles. The molecular weight excluding hydrogens is 310 g/mol. The SMILES string of the molecule is CC(C)Oc1ccccc1CS(=O)Cc1cccc(C(N)=O)c1. The van der Waals surface area contributed by atoms with Crippen LogP contribution in [0.2, 0.25) is 0 Å². The monoisotopic (exact) mass is 331 g/mol. The van der Waals surface area contributed by atoms with Crippen molar-refractivity contribution < 1.29 is 13.7 Å². The Morgan fingerprint density at radius 2 is 1.87 bits per heavy atom. The minimum atomic E-state index is -1.10. The number of hydrogen-bond acceptors (Lipinski definition) is 3. The first-order valence-electron chi connectivity index (χ1n) is 7.44. The van der Waals surface area contributed by atoms with E-state index < -0.39 is 16.7 Å². The van der Waals surface area contributed by atoms with E-state index in [9.17, 15) is 9.00 Å². The molecule has 0 heterocycles. The molecule has 23 heavy (non-hydrogen) atoms. The molecular formula is C18H21NO3S. The molecule has 0 aliphatic rings. The summed E-state index contributed by atoms with van der Waals surface area (Å²) in [4.78, 5) is 11.2. The zero-order valence-corrected chi connectivity index (χ0v) is 14.1. The fourth-order valence-electron chi connectivity index (χ4n) is 2.22. The number of amides is 1. The van der Waals surface area contributed by atoms with Gasteiger partial charge in [-0.3, -0.25) is 9.00 Å². The van der Waals surface area contributed by atoms with Crippen LogP contribution in [-0.2, 0) is 22.3 Å². The first-order chi connectivity index (χ1) is 11.0. The number of nitrogens with two attached hydrogens (primary N) is 1. The smallest absolute Gasteiger partial charge is 0.248 e. The Bertz CT molecular complexity index is 713. The predicted octanol–water partition coefficient (Wildman–Crippen LogP) is 3.02. The number of primary amides is 1. The highest BCUT2D eigenvalue weighted by Gasteiger charge is 2.10. The topological polar surface area (TPSA) is 69.4 Å². The third-order valence-electron chi connectivity index (χ3n) is 3.19. The van der Waals surface area contributed by atoms with E-state index in [0.717, 1.165) is 16.9 Å². The van der Waals surface area contributed by atoms with Crippen molar-refractivity contribution in [1.29, 1.82) is 0 Å². The van der Waals surface area contributed by atoms with E-state index in [0.29, 0.717) is 17.1 Å². The molecule has 1 amide bonds. The van der Waals surface area contributed by atoms with Crippen LogP contribution >= 0.6 is 0 Å². The van der Waals surface area contributed by atoms with Crippen LogP contribution in [0.1, 0.15) is 35.3 Å². The molecule has 0 fully saturated rings. The van der Waals surface area contributed by atoms with Crippen LogP contribution in [0.3, 0.4) is 0 Å². The van der Waals surface area contributed by atoms with Gasteiger partial charge in [0.1, 0.15) is 5.75 Å². The van der Waals surface area contributed by atoms with Gasteiger partial charge in [0.2, 0.25) is 5.91 Å². The fraction of sp³-hybridized carbons (Fsp3) is 0.278. The third kappa shape index (κ3) is 5.21.